The van der Waals surface area contributed by atoms with E-state index in [2.05, 4.69) is 335 Å². The second-order valence-corrected chi connectivity index (χ2v) is 23.0. The number of para-hydroxylation sites is 6. The topological polar surface area (TPSA) is 52.0 Å². The summed E-state index contributed by atoms with van der Waals surface area (Å²) in [5, 5.41) is 7.35. The summed E-state index contributed by atoms with van der Waals surface area (Å²) >= 11 is 0. The molecule has 0 saturated heterocycles. The molecule has 16 rings (SSSR count). The zero-order chi connectivity index (χ0) is 60.4. The second kappa shape index (κ2) is 22.2. The van der Waals surface area contributed by atoms with Crippen molar-refractivity contribution in [3.63, 3.8) is 0 Å². The van der Waals surface area contributed by atoms with Gasteiger partial charge >= 0.3 is 0 Å². The molecule has 6 aromatic heterocycles. The molecular formula is C82H62N8. The molecule has 0 bridgehead atoms. The van der Waals surface area contributed by atoms with Crippen LogP contribution in [-0.2, 0) is 0 Å². The highest BCUT2D eigenvalue weighted by Gasteiger charge is 2.26. The zero-order valence-corrected chi connectivity index (χ0v) is 50.4. The van der Waals surface area contributed by atoms with Gasteiger partial charge in [-0.05, 0) is 197 Å². The van der Waals surface area contributed by atoms with Crippen LogP contribution in [0, 0.1) is 13.8 Å². The minimum Gasteiger partial charge on any atom is -0.310 e. The first kappa shape index (κ1) is 53.7. The van der Waals surface area contributed by atoms with Crippen molar-refractivity contribution < 1.29 is 0 Å². The maximum Gasteiger partial charge on any atom is 0.0724 e. The number of pyridine rings is 2. The molecular weight excluding hydrogens is 1100 g/mol. The zero-order valence-electron chi connectivity index (χ0n) is 50.4. The van der Waals surface area contributed by atoms with Crippen LogP contribution in [0.15, 0.2) is 292 Å². The number of nitrogens with zero attached hydrogens (tertiary/aromatic N) is 8. The predicted molar refractivity (Wildman–Crippen MR) is 378 cm³/mol. The van der Waals surface area contributed by atoms with E-state index < -0.39 is 0 Å². The standard InChI is InChI=1S/C82H62N8/c1-5-19-73-55(3)56(4)74(20-6-2)87(73)61-41-33-57(34-42-61)85(58-35-43-62(44-36-58)88-75-27-13-7-21-65(75)66-22-8-14-28-76(66)88)81-53-83-51-49-71(81)72-50-52-84-54-82(72)86(59-37-45-63(46-38-59)89-77-29-15-9-23-67(77)68-24-10-16-30-78(68)89)60-39-47-64(48-40-60)90-79-31-17-11-25-69(79)70-26-12-18-32-80(70)90/h5-54H,1-4H3/b19-5-,20-6-. The molecule has 0 unspecified atom stereocenters. The van der Waals surface area contributed by atoms with Gasteiger partial charge in [0, 0.05) is 113 Å². The average Bonchev–Trinajstić information content (AvgIpc) is 1.50. The highest BCUT2D eigenvalue weighted by atomic mass is 15.2. The van der Waals surface area contributed by atoms with Gasteiger partial charge < -0.3 is 28.1 Å². The van der Waals surface area contributed by atoms with Crippen LogP contribution in [0.3, 0.4) is 0 Å². The molecule has 0 aliphatic rings. The van der Waals surface area contributed by atoms with Crippen LogP contribution in [0.4, 0.5) is 34.1 Å². The van der Waals surface area contributed by atoms with E-state index in [-0.39, 0.29) is 0 Å². The van der Waals surface area contributed by atoms with Crippen molar-refractivity contribution in [2.45, 2.75) is 27.7 Å². The Balaban J connectivity index is 0.872. The van der Waals surface area contributed by atoms with Gasteiger partial charge in [-0.2, -0.15) is 0 Å². The molecule has 0 radical (unpaired) electrons. The van der Waals surface area contributed by atoms with E-state index in [1.54, 1.807) is 0 Å². The number of rotatable bonds is 13. The number of hydrogen-bond acceptors (Lipinski definition) is 4. The highest BCUT2D eigenvalue weighted by Crippen LogP contribution is 2.48. The Kier molecular flexibility index (Phi) is 13.2. The summed E-state index contributed by atoms with van der Waals surface area (Å²) in [6, 6.07) is 92.3. The smallest absolute Gasteiger partial charge is 0.0724 e. The van der Waals surface area contributed by atoms with Gasteiger partial charge in [0.15, 0.2) is 0 Å². The third-order valence-corrected chi connectivity index (χ3v) is 18.0. The Bertz CT molecular complexity index is 5110. The lowest BCUT2D eigenvalue weighted by Crippen LogP contribution is -2.14. The largest absolute Gasteiger partial charge is 0.310 e. The van der Waals surface area contributed by atoms with Crippen molar-refractivity contribution in [3.05, 3.63) is 314 Å². The van der Waals surface area contributed by atoms with Gasteiger partial charge in [-0.25, -0.2) is 0 Å². The van der Waals surface area contributed by atoms with Crippen molar-refractivity contribution in [2.24, 2.45) is 0 Å². The number of allylic oxidation sites excluding steroid dienone is 2. The van der Waals surface area contributed by atoms with Gasteiger partial charge in [0.05, 0.1) is 56.9 Å². The Labute approximate surface area is 522 Å². The fourth-order valence-corrected chi connectivity index (χ4v) is 13.9. The van der Waals surface area contributed by atoms with E-state index in [1.165, 1.54) is 54.8 Å². The summed E-state index contributed by atoms with van der Waals surface area (Å²) in [6.07, 6.45) is 16.5. The lowest BCUT2D eigenvalue weighted by molar-refractivity contribution is 1.03. The first-order valence-electron chi connectivity index (χ1n) is 30.8. The summed E-state index contributed by atoms with van der Waals surface area (Å²) in [5.41, 5.74) is 23.8. The maximum atomic E-state index is 4.96. The molecule has 0 saturated carbocycles. The summed E-state index contributed by atoms with van der Waals surface area (Å²) in [4.78, 5) is 14.6. The Hall–Kier alpha value is -11.7. The molecule has 0 atom stereocenters. The molecule has 0 N–H and O–H groups in total. The molecule has 0 aliphatic heterocycles. The number of anilines is 6. The summed E-state index contributed by atoms with van der Waals surface area (Å²) in [6.45, 7) is 8.61. The minimum absolute atomic E-state index is 0.905. The van der Waals surface area contributed by atoms with Gasteiger partial charge in [-0.15, -0.1) is 0 Å². The number of benzene rings is 10. The van der Waals surface area contributed by atoms with E-state index in [0.29, 0.717) is 0 Å². The molecule has 90 heavy (non-hydrogen) atoms. The summed E-state index contributed by atoms with van der Waals surface area (Å²) < 4.78 is 9.49. The SMILES string of the molecule is C/C=C\c1c(C)c(C)c(/C=C\C)n1-c1ccc(N(c2ccc(-n3c4ccccc4c4ccccc43)cc2)c2cnccc2-c2ccncc2N(c2ccc(-n3c4ccccc4c4ccccc43)cc2)c2ccc(-n3c4ccccc4c4ccccc43)cc2)cc1. The Morgan fingerprint density at radius 2 is 0.533 bits per heavy atom. The van der Waals surface area contributed by atoms with E-state index in [4.69, 9.17) is 9.97 Å². The van der Waals surface area contributed by atoms with Gasteiger partial charge in [0.1, 0.15) is 0 Å². The molecule has 6 heterocycles. The lowest BCUT2D eigenvalue weighted by atomic mass is 10.0. The third kappa shape index (κ3) is 8.74. The maximum absolute atomic E-state index is 4.96. The van der Waals surface area contributed by atoms with Crippen LogP contribution in [0.5, 0.6) is 0 Å². The van der Waals surface area contributed by atoms with Crippen LogP contribution < -0.4 is 9.80 Å². The van der Waals surface area contributed by atoms with Crippen molar-refractivity contribution in [1.29, 1.82) is 0 Å². The fraction of sp³-hybridized carbons (Fsp3) is 0.0488. The number of fused-ring (bicyclic) bond motifs is 9. The highest BCUT2D eigenvalue weighted by molar-refractivity contribution is 6.11. The van der Waals surface area contributed by atoms with E-state index >= 15 is 0 Å². The van der Waals surface area contributed by atoms with Gasteiger partial charge in [0.25, 0.3) is 0 Å². The molecule has 8 heteroatoms. The quantitative estimate of drug-likeness (QED) is 0.115. The van der Waals surface area contributed by atoms with Gasteiger partial charge in [-0.3, -0.25) is 9.97 Å². The molecule has 0 spiro atoms. The monoisotopic (exact) mass is 1160 g/mol. The predicted octanol–water partition coefficient (Wildman–Crippen LogP) is 21.8. The Morgan fingerprint density at radius 3 is 0.789 bits per heavy atom. The molecule has 10 aromatic carbocycles. The normalized spacial score (nSPS) is 11.9. The van der Waals surface area contributed by atoms with E-state index in [0.717, 1.165) is 101 Å². The third-order valence-electron chi connectivity index (χ3n) is 18.0. The van der Waals surface area contributed by atoms with Crippen molar-refractivity contribution in [1.82, 2.24) is 28.2 Å². The summed E-state index contributed by atoms with van der Waals surface area (Å²) in [7, 11) is 0. The first-order valence-corrected chi connectivity index (χ1v) is 30.8. The van der Waals surface area contributed by atoms with E-state index in [9.17, 15) is 0 Å². The molecule has 430 valence electrons. The lowest BCUT2D eigenvalue weighted by Gasteiger charge is -2.31. The Morgan fingerprint density at radius 1 is 0.289 bits per heavy atom. The average molecular weight is 1160 g/mol. The molecule has 0 aliphatic carbocycles. The van der Waals surface area contributed by atoms with Gasteiger partial charge in [-0.1, -0.05) is 121 Å². The van der Waals surface area contributed by atoms with Crippen molar-refractivity contribution >= 4 is 112 Å². The van der Waals surface area contributed by atoms with E-state index in [1.807, 2.05) is 24.8 Å². The second-order valence-electron chi connectivity index (χ2n) is 23.0. The molecule has 16 aromatic rings. The fourth-order valence-electron chi connectivity index (χ4n) is 13.9. The van der Waals surface area contributed by atoms with Crippen LogP contribution in [-0.4, -0.2) is 28.2 Å². The summed E-state index contributed by atoms with van der Waals surface area (Å²) in [5.74, 6) is 0. The van der Waals surface area contributed by atoms with Crippen LogP contribution in [0.2, 0.25) is 0 Å². The van der Waals surface area contributed by atoms with Crippen LogP contribution in [0.25, 0.3) is 111 Å². The minimum atomic E-state index is 0.905. The van der Waals surface area contributed by atoms with Crippen LogP contribution in [0.1, 0.15) is 36.4 Å². The number of aromatic nitrogens is 6. The van der Waals surface area contributed by atoms with Crippen molar-refractivity contribution in [3.8, 4) is 33.9 Å². The van der Waals surface area contributed by atoms with Crippen molar-refractivity contribution in [2.75, 3.05) is 9.80 Å². The molecule has 0 fully saturated rings. The molecule has 0 amide bonds. The molecule has 8 nitrogen and oxygen atoms in total. The first-order chi connectivity index (χ1) is 44.4. The van der Waals surface area contributed by atoms with Gasteiger partial charge in [0.2, 0.25) is 0 Å². The number of hydrogen-bond donors (Lipinski definition) is 0. The van der Waals surface area contributed by atoms with Crippen LogP contribution >= 0.6 is 0 Å².